The van der Waals surface area contributed by atoms with Crippen LogP contribution < -0.4 is 10.6 Å². The van der Waals surface area contributed by atoms with Gasteiger partial charge in [-0.3, -0.25) is 9.59 Å². The van der Waals surface area contributed by atoms with Crippen molar-refractivity contribution in [2.75, 3.05) is 5.32 Å². The Morgan fingerprint density at radius 2 is 1.56 bits per heavy atom. The number of hydrogen-bond donors (Lipinski definition) is 2. The second-order valence-electron chi connectivity index (χ2n) is 5.86. The molecule has 2 N–H and O–H groups in total. The number of benzene rings is 2. The molecule has 25 heavy (non-hydrogen) atoms. The summed E-state index contributed by atoms with van der Waals surface area (Å²) in [5.74, 6) is -0.850. The van der Waals surface area contributed by atoms with Crippen molar-refractivity contribution in [3.05, 3.63) is 65.2 Å². The molecule has 2 aromatic carbocycles. The number of amides is 2. The Morgan fingerprint density at radius 3 is 2.20 bits per heavy atom. The van der Waals surface area contributed by atoms with Gasteiger partial charge in [-0.1, -0.05) is 12.1 Å². The summed E-state index contributed by atoms with van der Waals surface area (Å²) in [6.45, 7) is 0. The Hall–Kier alpha value is -2.83. The zero-order valence-corrected chi connectivity index (χ0v) is 13.1. The number of nitrogens with one attached hydrogen (secondary N) is 2. The third-order valence-corrected chi connectivity index (χ3v) is 3.75. The molecule has 0 unspecified atom stereocenters. The van der Waals surface area contributed by atoms with E-state index in [1.54, 1.807) is 12.1 Å². The van der Waals surface area contributed by atoms with Gasteiger partial charge in [0.15, 0.2) is 0 Å². The van der Waals surface area contributed by atoms with E-state index >= 15 is 0 Å². The third-order valence-electron chi connectivity index (χ3n) is 3.75. The number of carbonyl (C=O) groups excluding carboxylic acids is 2. The highest BCUT2D eigenvalue weighted by Gasteiger charge is 2.30. The molecular formula is C18H15F3N2O2. The van der Waals surface area contributed by atoms with Crippen LogP contribution in [-0.4, -0.2) is 17.9 Å². The number of halogens is 3. The van der Waals surface area contributed by atoms with Crippen molar-refractivity contribution in [1.29, 1.82) is 0 Å². The fourth-order valence-electron chi connectivity index (χ4n) is 2.27. The highest BCUT2D eigenvalue weighted by Crippen LogP contribution is 2.30. The highest BCUT2D eigenvalue weighted by atomic mass is 19.4. The van der Waals surface area contributed by atoms with E-state index in [1.165, 1.54) is 24.3 Å². The predicted octanol–water partition coefficient (Wildman–Crippen LogP) is 3.85. The summed E-state index contributed by atoms with van der Waals surface area (Å²) in [4.78, 5) is 24.3. The average Bonchev–Trinajstić information content (AvgIpc) is 3.38. The number of hydrogen-bond acceptors (Lipinski definition) is 2. The molecule has 1 aliphatic rings. The van der Waals surface area contributed by atoms with E-state index in [9.17, 15) is 22.8 Å². The Bertz CT molecular complexity index is 814. The summed E-state index contributed by atoms with van der Waals surface area (Å²) in [7, 11) is 0. The maximum atomic E-state index is 12.7. The first-order valence-electron chi connectivity index (χ1n) is 7.72. The second kappa shape index (κ2) is 6.58. The van der Waals surface area contributed by atoms with Gasteiger partial charge in [0.05, 0.1) is 5.56 Å². The highest BCUT2D eigenvalue weighted by molar-refractivity contribution is 6.06. The lowest BCUT2D eigenvalue weighted by Crippen LogP contribution is -2.25. The van der Waals surface area contributed by atoms with Gasteiger partial charge in [0.2, 0.25) is 0 Å². The molecule has 7 heteroatoms. The van der Waals surface area contributed by atoms with Crippen LogP contribution in [0.15, 0.2) is 48.5 Å². The minimum atomic E-state index is -4.48. The molecule has 0 aromatic heterocycles. The van der Waals surface area contributed by atoms with Gasteiger partial charge in [0.1, 0.15) is 0 Å². The van der Waals surface area contributed by atoms with Gasteiger partial charge >= 0.3 is 6.18 Å². The van der Waals surface area contributed by atoms with Crippen LogP contribution >= 0.6 is 0 Å². The molecule has 1 saturated carbocycles. The van der Waals surface area contributed by atoms with Gasteiger partial charge in [-0.25, -0.2) is 0 Å². The maximum Gasteiger partial charge on any atom is 0.416 e. The Kier molecular flexibility index (Phi) is 4.48. The molecule has 130 valence electrons. The van der Waals surface area contributed by atoms with E-state index in [1.807, 2.05) is 0 Å². The fraction of sp³-hybridized carbons (Fsp3) is 0.222. The molecule has 3 rings (SSSR count). The Morgan fingerprint density at radius 1 is 0.920 bits per heavy atom. The van der Waals surface area contributed by atoms with E-state index in [4.69, 9.17) is 0 Å². The van der Waals surface area contributed by atoms with Crippen molar-refractivity contribution in [2.24, 2.45) is 0 Å². The first-order chi connectivity index (χ1) is 11.8. The summed E-state index contributed by atoms with van der Waals surface area (Å²) in [6.07, 6.45) is -2.59. The number of alkyl halides is 3. The standard InChI is InChI=1S/C18H15F3N2O2/c19-18(20,21)13-5-2-6-15(10-13)23-17(25)12-4-1-3-11(9-12)16(24)22-14-7-8-14/h1-6,9-10,14H,7-8H2,(H,22,24)(H,23,25). The van der Waals surface area contributed by atoms with Gasteiger partial charge in [-0.05, 0) is 49.2 Å². The molecule has 1 fully saturated rings. The van der Waals surface area contributed by atoms with Gasteiger partial charge < -0.3 is 10.6 Å². The Labute approximate surface area is 142 Å². The van der Waals surface area contributed by atoms with Crippen LogP contribution in [0, 0.1) is 0 Å². The predicted molar refractivity (Wildman–Crippen MR) is 86.3 cm³/mol. The van der Waals surface area contributed by atoms with Crippen molar-refractivity contribution in [1.82, 2.24) is 5.32 Å². The van der Waals surface area contributed by atoms with Crippen molar-refractivity contribution in [3.8, 4) is 0 Å². The van der Waals surface area contributed by atoms with E-state index in [0.29, 0.717) is 5.56 Å². The number of anilines is 1. The van der Waals surface area contributed by atoms with E-state index in [0.717, 1.165) is 25.0 Å². The summed E-state index contributed by atoms with van der Waals surface area (Å²) >= 11 is 0. The summed E-state index contributed by atoms with van der Waals surface area (Å²) in [5, 5.41) is 5.23. The largest absolute Gasteiger partial charge is 0.416 e. The maximum absolute atomic E-state index is 12.7. The zero-order chi connectivity index (χ0) is 18.0. The monoisotopic (exact) mass is 348 g/mol. The lowest BCUT2D eigenvalue weighted by atomic mass is 10.1. The average molecular weight is 348 g/mol. The summed E-state index contributed by atoms with van der Waals surface area (Å²) < 4.78 is 38.2. The molecule has 0 atom stereocenters. The van der Waals surface area contributed by atoms with Crippen molar-refractivity contribution in [3.63, 3.8) is 0 Å². The molecule has 1 aliphatic carbocycles. The minimum Gasteiger partial charge on any atom is -0.349 e. The van der Waals surface area contributed by atoms with Crippen LogP contribution in [0.25, 0.3) is 0 Å². The van der Waals surface area contributed by atoms with Crippen molar-refractivity contribution in [2.45, 2.75) is 25.1 Å². The van der Waals surface area contributed by atoms with Crippen LogP contribution in [0.1, 0.15) is 39.1 Å². The molecule has 0 aliphatic heterocycles. The number of rotatable bonds is 4. The third kappa shape index (κ3) is 4.37. The van der Waals surface area contributed by atoms with Crippen LogP contribution in [0.2, 0.25) is 0 Å². The molecule has 0 spiro atoms. The molecule has 0 bridgehead atoms. The van der Waals surface area contributed by atoms with E-state index in [-0.39, 0.29) is 23.2 Å². The fourth-order valence-corrected chi connectivity index (χ4v) is 2.27. The molecule has 0 saturated heterocycles. The molecule has 2 aromatic rings. The number of carbonyl (C=O) groups is 2. The smallest absolute Gasteiger partial charge is 0.349 e. The molecule has 0 heterocycles. The normalized spacial score (nSPS) is 14.0. The topological polar surface area (TPSA) is 58.2 Å². The van der Waals surface area contributed by atoms with Crippen LogP contribution in [0.3, 0.4) is 0 Å². The van der Waals surface area contributed by atoms with Crippen molar-refractivity contribution < 1.29 is 22.8 Å². The van der Waals surface area contributed by atoms with Crippen LogP contribution in [0.5, 0.6) is 0 Å². The molecule has 0 radical (unpaired) electrons. The quantitative estimate of drug-likeness (QED) is 0.882. The van der Waals surface area contributed by atoms with E-state index in [2.05, 4.69) is 10.6 Å². The summed E-state index contributed by atoms with van der Waals surface area (Å²) in [5.41, 5.74) is -0.278. The zero-order valence-electron chi connectivity index (χ0n) is 13.1. The van der Waals surface area contributed by atoms with Crippen LogP contribution in [0.4, 0.5) is 18.9 Å². The molecule has 4 nitrogen and oxygen atoms in total. The molecule has 2 amide bonds. The first-order valence-corrected chi connectivity index (χ1v) is 7.72. The first kappa shape index (κ1) is 17.0. The van der Waals surface area contributed by atoms with Crippen LogP contribution in [-0.2, 0) is 6.18 Å². The Balaban J connectivity index is 1.74. The minimum absolute atomic E-state index is 0.0349. The molecular weight excluding hydrogens is 333 g/mol. The lowest BCUT2D eigenvalue weighted by molar-refractivity contribution is -0.137. The van der Waals surface area contributed by atoms with Gasteiger partial charge in [-0.15, -0.1) is 0 Å². The lowest BCUT2D eigenvalue weighted by Gasteiger charge is -2.10. The SMILES string of the molecule is O=C(Nc1cccc(C(F)(F)F)c1)c1cccc(C(=O)NC2CC2)c1. The van der Waals surface area contributed by atoms with Gasteiger partial charge in [0.25, 0.3) is 11.8 Å². The van der Waals surface area contributed by atoms with Gasteiger partial charge in [-0.2, -0.15) is 13.2 Å². The van der Waals surface area contributed by atoms with E-state index < -0.39 is 17.6 Å². The van der Waals surface area contributed by atoms with Crippen molar-refractivity contribution >= 4 is 17.5 Å². The second-order valence-corrected chi connectivity index (χ2v) is 5.86. The summed E-state index contributed by atoms with van der Waals surface area (Å²) in [6, 6.07) is 10.6. The van der Waals surface area contributed by atoms with Gasteiger partial charge in [0, 0.05) is 22.9 Å².